The van der Waals surface area contributed by atoms with Gasteiger partial charge in [-0.25, -0.2) is 5.43 Å². The predicted molar refractivity (Wildman–Crippen MR) is 117 cm³/mol. The molecule has 0 radical (unpaired) electrons. The third-order valence-electron chi connectivity index (χ3n) is 4.25. The van der Waals surface area contributed by atoms with Gasteiger partial charge in [0.2, 0.25) is 0 Å². The van der Waals surface area contributed by atoms with E-state index >= 15 is 0 Å². The molecule has 30 heavy (non-hydrogen) atoms. The minimum atomic E-state index is -0.832. The summed E-state index contributed by atoms with van der Waals surface area (Å²) >= 11 is 0. The van der Waals surface area contributed by atoms with Crippen LogP contribution in [0.4, 0.5) is 0 Å². The van der Waals surface area contributed by atoms with Gasteiger partial charge in [-0.1, -0.05) is 38.1 Å². The van der Waals surface area contributed by atoms with E-state index in [1.165, 1.54) is 11.8 Å². The summed E-state index contributed by atoms with van der Waals surface area (Å²) < 4.78 is 11.1. The number of carbonyl (C=O) groups excluding carboxylic acids is 2. The topological polar surface area (TPSA) is 89.0 Å². The fourth-order valence-electron chi connectivity index (χ4n) is 2.65. The predicted octanol–water partition coefficient (Wildman–Crippen LogP) is 3.37. The van der Waals surface area contributed by atoms with Crippen molar-refractivity contribution in [2.75, 3.05) is 13.2 Å². The summed E-state index contributed by atoms with van der Waals surface area (Å²) in [4.78, 5) is 23.9. The molecular weight excluding hydrogens is 382 g/mol. The lowest BCUT2D eigenvalue weighted by Gasteiger charge is -2.11. The normalized spacial score (nSPS) is 10.8. The molecule has 0 unspecified atom stereocenters. The van der Waals surface area contributed by atoms with E-state index in [9.17, 15) is 9.59 Å². The number of ether oxygens (including phenoxy) is 2. The highest BCUT2D eigenvalue weighted by Gasteiger charge is 2.12. The largest absolute Gasteiger partial charge is 0.490 e. The molecule has 0 atom stereocenters. The first-order valence-corrected chi connectivity index (χ1v) is 10.0. The summed E-state index contributed by atoms with van der Waals surface area (Å²) in [5.74, 6) is 0.0947. The van der Waals surface area contributed by atoms with Crippen molar-refractivity contribution in [1.29, 1.82) is 0 Å². The molecule has 0 aromatic heterocycles. The Morgan fingerprint density at radius 3 is 2.27 bits per heavy atom. The summed E-state index contributed by atoms with van der Waals surface area (Å²) in [7, 11) is 0. The second kappa shape index (κ2) is 11.6. The first-order valence-electron chi connectivity index (χ1n) is 10.0. The Hall–Kier alpha value is -3.35. The van der Waals surface area contributed by atoms with Crippen LogP contribution in [0, 0.1) is 0 Å². The number of nitrogens with one attached hydrogen (secondary N) is 2. The SMILES string of the molecule is CCOc1ccc(/C=N\NC(=O)C(=O)NCc2ccc(C(C)C)cc2)cc1OCC. The highest BCUT2D eigenvalue weighted by molar-refractivity contribution is 6.35. The third-order valence-corrected chi connectivity index (χ3v) is 4.25. The summed E-state index contributed by atoms with van der Waals surface area (Å²) in [6, 6.07) is 13.2. The van der Waals surface area contributed by atoms with E-state index in [0.717, 1.165) is 5.56 Å². The van der Waals surface area contributed by atoms with Gasteiger partial charge in [0.25, 0.3) is 0 Å². The van der Waals surface area contributed by atoms with Crippen molar-refractivity contribution in [1.82, 2.24) is 10.7 Å². The third kappa shape index (κ3) is 6.92. The lowest BCUT2D eigenvalue weighted by molar-refractivity contribution is -0.139. The van der Waals surface area contributed by atoms with E-state index < -0.39 is 11.8 Å². The summed E-state index contributed by atoms with van der Waals surface area (Å²) in [5.41, 5.74) is 5.07. The Bertz CT molecular complexity index is 877. The van der Waals surface area contributed by atoms with E-state index in [-0.39, 0.29) is 6.54 Å². The number of carbonyl (C=O) groups is 2. The Morgan fingerprint density at radius 2 is 1.63 bits per heavy atom. The number of amides is 2. The van der Waals surface area contributed by atoms with Crippen LogP contribution in [-0.2, 0) is 16.1 Å². The molecule has 0 saturated carbocycles. The molecule has 160 valence electrons. The average molecular weight is 412 g/mol. The molecule has 0 heterocycles. The van der Waals surface area contributed by atoms with Gasteiger partial charge in [-0.2, -0.15) is 5.10 Å². The second-order valence-electron chi connectivity index (χ2n) is 6.85. The highest BCUT2D eigenvalue weighted by atomic mass is 16.5. The fraction of sp³-hybridized carbons (Fsp3) is 0.348. The van der Waals surface area contributed by atoms with Crippen LogP contribution < -0.4 is 20.2 Å². The van der Waals surface area contributed by atoms with Crippen LogP contribution in [0.25, 0.3) is 0 Å². The monoisotopic (exact) mass is 411 g/mol. The molecule has 0 aliphatic heterocycles. The highest BCUT2D eigenvalue weighted by Crippen LogP contribution is 2.27. The standard InChI is InChI=1S/C23H29N3O4/c1-5-29-20-12-9-18(13-21(20)30-6-2)15-25-26-23(28)22(27)24-14-17-7-10-19(11-8-17)16(3)4/h7-13,15-16H,5-6,14H2,1-4H3,(H,24,27)(H,26,28)/b25-15-. The lowest BCUT2D eigenvalue weighted by Crippen LogP contribution is -2.37. The Balaban J connectivity index is 1.87. The van der Waals surface area contributed by atoms with Crippen LogP contribution in [0.15, 0.2) is 47.6 Å². The molecule has 0 aliphatic rings. The van der Waals surface area contributed by atoms with Crippen molar-refractivity contribution in [3.8, 4) is 11.5 Å². The van der Waals surface area contributed by atoms with Crippen LogP contribution in [0.5, 0.6) is 11.5 Å². The number of hydrogen-bond acceptors (Lipinski definition) is 5. The Morgan fingerprint density at radius 1 is 0.967 bits per heavy atom. The van der Waals surface area contributed by atoms with Gasteiger partial charge in [0.1, 0.15) is 0 Å². The van der Waals surface area contributed by atoms with Crippen molar-refractivity contribution < 1.29 is 19.1 Å². The van der Waals surface area contributed by atoms with Crippen molar-refractivity contribution >= 4 is 18.0 Å². The first-order chi connectivity index (χ1) is 14.4. The maximum Gasteiger partial charge on any atom is 0.329 e. The zero-order valence-corrected chi connectivity index (χ0v) is 17.9. The smallest absolute Gasteiger partial charge is 0.329 e. The van der Waals surface area contributed by atoms with Gasteiger partial charge in [0.15, 0.2) is 11.5 Å². The molecule has 2 rings (SSSR count). The lowest BCUT2D eigenvalue weighted by atomic mass is 10.0. The van der Waals surface area contributed by atoms with E-state index in [4.69, 9.17) is 9.47 Å². The number of rotatable bonds is 9. The molecule has 0 saturated heterocycles. The van der Waals surface area contributed by atoms with E-state index in [0.29, 0.717) is 36.2 Å². The Kier molecular flexibility index (Phi) is 8.87. The molecule has 7 heteroatoms. The van der Waals surface area contributed by atoms with Crippen molar-refractivity contribution in [2.24, 2.45) is 5.10 Å². The molecule has 2 aromatic rings. The molecule has 0 fully saturated rings. The van der Waals surface area contributed by atoms with Crippen molar-refractivity contribution in [3.63, 3.8) is 0 Å². The average Bonchev–Trinajstić information content (AvgIpc) is 2.74. The van der Waals surface area contributed by atoms with Crippen LogP contribution >= 0.6 is 0 Å². The van der Waals surface area contributed by atoms with E-state index in [2.05, 4.69) is 29.7 Å². The summed E-state index contributed by atoms with van der Waals surface area (Å²) in [6.07, 6.45) is 1.44. The van der Waals surface area contributed by atoms with Crippen molar-refractivity contribution in [2.45, 2.75) is 40.2 Å². The van der Waals surface area contributed by atoms with Crippen LogP contribution in [0.1, 0.15) is 50.3 Å². The number of hydrogen-bond donors (Lipinski definition) is 2. The number of benzene rings is 2. The molecular formula is C23H29N3O4. The Labute approximate surface area is 177 Å². The fourth-order valence-corrected chi connectivity index (χ4v) is 2.65. The molecule has 2 aromatic carbocycles. The van der Waals surface area contributed by atoms with Gasteiger partial charge in [-0.3, -0.25) is 9.59 Å². The zero-order valence-electron chi connectivity index (χ0n) is 17.9. The van der Waals surface area contributed by atoms with Gasteiger partial charge in [0, 0.05) is 6.54 Å². The number of nitrogens with zero attached hydrogens (tertiary/aromatic N) is 1. The second-order valence-corrected chi connectivity index (χ2v) is 6.85. The molecule has 0 bridgehead atoms. The van der Waals surface area contributed by atoms with E-state index in [1.807, 2.05) is 38.1 Å². The van der Waals surface area contributed by atoms with Gasteiger partial charge >= 0.3 is 11.8 Å². The zero-order chi connectivity index (χ0) is 21.9. The minimum absolute atomic E-state index is 0.269. The summed E-state index contributed by atoms with van der Waals surface area (Å²) in [5, 5.41) is 6.43. The van der Waals surface area contributed by atoms with Gasteiger partial charge in [-0.05, 0) is 54.7 Å². The maximum absolute atomic E-state index is 12.0. The van der Waals surface area contributed by atoms with Crippen molar-refractivity contribution in [3.05, 3.63) is 59.2 Å². The van der Waals surface area contributed by atoms with Gasteiger partial charge < -0.3 is 14.8 Å². The summed E-state index contributed by atoms with van der Waals surface area (Å²) in [6.45, 7) is 9.31. The quantitative estimate of drug-likeness (QED) is 0.376. The molecule has 2 amide bonds. The van der Waals surface area contributed by atoms with Crippen LogP contribution in [-0.4, -0.2) is 31.2 Å². The number of hydrazone groups is 1. The molecule has 0 aliphatic carbocycles. The molecule has 2 N–H and O–H groups in total. The minimum Gasteiger partial charge on any atom is -0.490 e. The van der Waals surface area contributed by atoms with Gasteiger partial charge in [0.05, 0.1) is 19.4 Å². The van der Waals surface area contributed by atoms with Crippen LogP contribution in [0.2, 0.25) is 0 Å². The molecule has 0 spiro atoms. The first kappa shape index (κ1) is 22.9. The van der Waals surface area contributed by atoms with Gasteiger partial charge in [-0.15, -0.1) is 0 Å². The van der Waals surface area contributed by atoms with Crippen LogP contribution in [0.3, 0.4) is 0 Å². The maximum atomic E-state index is 12.0. The van der Waals surface area contributed by atoms with E-state index in [1.54, 1.807) is 18.2 Å². The molecule has 7 nitrogen and oxygen atoms in total.